The Labute approximate surface area is 112 Å². The molecule has 0 spiro atoms. The Kier molecular flexibility index (Phi) is 11.1. The van der Waals surface area contributed by atoms with Gasteiger partial charge in [-0.25, -0.2) is 9.59 Å². The minimum absolute atomic E-state index is 0.0962. The summed E-state index contributed by atoms with van der Waals surface area (Å²) in [4.78, 5) is 31.0. The summed E-state index contributed by atoms with van der Waals surface area (Å²) in [5.41, 5.74) is 0.724. The largest absolute Gasteiger partial charge is 0.481 e. The molecule has 0 aromatic carbocycles. The first-order valence-corrected chi connectivity index (χ1v) is 5.59. The third-order valence-corrected chi connectivity index (χ3v) is 1.52. The van der Waals surface area contributed by atoms with Crippen LogP contribution in [-0.2, 0) is 23.9 Å². The Morgan fingerprint density at radius 2 is 1.42 bits per heavy atom. The van der Waals surface area contributed by atoms with Gasteiger partial charge in [-0.15, -0.1) is 0 Å². The topological polar surface area (TPSA) is 89.9 Å². The Balaban J connectivity index is 0. The second-order valence-electron chi connectivity index (χ2n) is 3.56. The Morgan fingerprint density at radius 3 is 1.68 bits per heavy atom. The van der Waals surface area contributed by atoms with Crippen LogP contribution in [0.15, 0.2) is 24.3 Å². The molecule has 0 saturated carbocycles. The van der Waals surface area contributed by atoms with Gasteiger partial charge in [0.25, 0.3) is 0 Å². The first-order chi connectivity index (χ1) is 8.72. The number of hydrogen-bond acceptors (Lipinski definition) is 5. The van der Waals surface area contributed by atoms with E-state index in [4.69, 9.17) is 5.11 Å². The summed E-state index contributed by atoms with van der Waals surface area (Å²) in [5, 5.41) is 8.15. The molecule has 0 atom stereocenters. The molecule has 19 heavy (non-hydrogen) atoms. The first kappa shape index (κ1) is 19.2. The first-order valence-electron chi connectivity index (χ1n) is 5.59. The molecule has 0 saturated heterocycles. The molecule has 0 aliphatic heterocycles. The predicted octanol–water partition coefficient (Wildman–Crippen LogP) is 1.71. The van der Waals surface area contributed by atoms with E-state index in [-0.39, 0.29) is 24.6 Å². The molecule has 0 rings (SSSR count). The van der Waals surface area contributed by atoms with Crippen LogP contribution in [0.3, 0.4) is 0 Å². The van der Waals surface area contributed by atoms with Gasteiger partial charge < -0.3 is 14.6 Å². The third kappa shape index (κ3) is 13.8. The third-order valence-electron chi connectivity index (χ3n) is 1.52. The lowest BCUT2D eigenvalue weighted by Gasteiger charge is -2.00. The van der Waals surface area contributed by atoms with E-state index in [0.717, 1.165) is 0 Å². The summed E-state index contributed by atoms with van der Waals surface area (Å²) in [7, 11) is 0. The highest BCUT2D eigenvalue weighted by Crippen LogP contribution is 1.92. The predicted molar refractivity (Wildman–Crippen MR) is 69.5 cm³/mol. The molecule has 6 nitrogen and oxygen atoms in total. The zero-order valence-electron chi connectivity index (χ0n) is 11.5. The zero-order valence-corrected chi connectivity index (χ0v) is 11.5. The molecule has 1 N–H and O–H groups in total. The fraction of sp³-hybridized carbons (Fsp3) is 0.462. The molecule has 6 heteroatoms. The standard InChI is InChI=1S/C7H10O4.C6H10O2/c1-5(2)7(10)11-4-3-6(8)9;1-4-8-6(7)5(2)3/h1,3-4H2,2H3,(H,8,9);2,4H2,1,3H3. The smallest absolute Gasteiger partial charge is 0.333 e. The number of carboxylic acids is 1. The molecular formula is C13H20O6. The quantitative estimate of drug-likeness (QED) is 0.584. The number of ether oxygens (including phenoxy) is 2. The fourth-order valence-corrected chi connectivity index (χ4v) is 0.609. The van der Waals surface area contributed by atoms with Crippen LogP contribution in [0.1, 0.15) is 27.2 Å². The van der Waals surface area contributed by atoms with Gasteiger partial charge in [-0.05, 0) is 20.8 Å². The van der Waals surface area contributed by atoms with E-state index in [1.54, 1.807) is 13.8 Å². The van der Waals surface area contributed by atoms with Crippen molar-refractivity contribution in [2.45, 2.75) is 27.2 Å². The minimum atomic E-state index is -0.987. The number of hydrogen-bond donors (Lipinski definition) is 1. The van der Waals surface area contributed by atoms with E-state index in [2.05, 4.69) is 22.6 Å². The Morgan fingerprint density at radius 1 is 1.00 bits per heavy atom. The molecule has 0 bridgehead atoms. The van der Waals surface area contributed by atoms with Gasteiger partial charge in [0.2, 0.25) is 0 Å². The van der Waals surface area contributed by atoms with Gasteiger partial charge >= 0.3 is 17.9 Å². The molecule has 108 valence electrons. The number of rotatable bonds is 6. The van der Waals surface area contributed by atoms with Gasteiger partial charge in [-0.2, -0.15) is 0 Å². The maximum absolute atomic E-state index is 10.6. The highest BCUT2D eigenvalue weighted by Gasteiger charge is 2.03. The summed E-state index contributed by atoms with van der Waals surface area (Å²) in [6.07, 6.45) is -0.168. The molecule has 0 radical (unpaired) electrons. The van der Waals surface area contributed by atoms with Gasteiger partial charge in [0, 0.05) is 11.1 Å². The highest BCUT2D eigenvalue weighted by molar-refractivity contribution is 5.87. The highest BCUT2D eigenvalue weighted by atomic mass is 16.5. The summed E-state index contributed by atoms with van der Waals surface area (Å²) >= 11 is 0. The second-order valence-corrected chi connectivity index (χ2v) is 3.56. The van der Waals surface area contributed by atoms with E-state index in [1.165, 1.54) is 6.92 Å². The van der Waals surface area contributed by atoms with Gasteiger partial charge in [-0.3, -0.25) is 4.79 Å². The van der Waals surface area contributed by atoms with Crippen molar-refractivity contribution in [1.29, 1.82) is 0 Å². The van der Waals surface area contributed by atoms with Gasteiger partial charge in [0.05, 0.1) is 13.0 Å². The van der Waals surface area contributed by atoms with E-state index < -0.39 is 11.9 Å². The molecule has 0 aromatic rings. The Bertz CT molecular complexity index is 356. The lowest BCUT2D eigenvalue weighted by Crippen LogP contribution is -2.09. The number of carboxylic acid groups (broad SMARTS) is 1. The maximum Gasteiger partial charge on any atom is 0.333 e. The van der Waals surface area contributed by atoms with Gasteiger partial charge in [0.15, 0.2) is 0 Å². The lowest BCUT2D eigenvalue weighted by molar-refractivity contribution is -0.143. The lowest BCUT2D eigenvalue weighted by atomic mass is 10.4. The van der Waals surface area contributed by atoms with Gasteiger partial charge in [0.1, 0.15) is 6.61 Å². The van der Waals surface area contributed by atoms with Crippen molar-refractivity contribution >= 4 is 17.9 Å². The average Bonchev–Trinajstić information content (AvgIpc) is 2.29. The zero-order chi connectivity index (χ0) is 15.4. The average molecular weight is 272 g/mol. The van der Waals surface area contributed by atoms with E-state index in [1.807, 2.05) is 0 Å². The van der Waals surface area contributed by atoms with Gasteiger partial charge in [-0.1, -0.05) is 13.2 Å². The van der Waals surface area contributed by atoms with Crippen molar-refractivity contribution in [2.75, 3.05) is 13.2 Å². The summed E-state index contributed by atoms with van der Waals surface area (Å²) in [6.45, 7) is 11.9. The van der Waals surface area contributed by atoms with Crippen molar-refractivity contribution in [3.8, 4) is 0 Å². The van der Waals surface area contributed by atoms with Crippen LogP contribution in [0, 0.1) is 0 Å². The number of carbonyl (C=O) groups excluding carboxylic acids is 2. The molecule has 0 heterocycles. The number of aliphatic carboxylic acids is 1. The molecule has 0 aliphatic carbocycles. The number of esters is 2. The van der Waals surface area contributed by atoms with Crippen molar-refractivity contribution in [3.05, 3.63) is 24.3 Å². The summed E-state index contributed by atoms with van der Waals surface area (Å²) < 4.78 is 9.06. The van der Waals surface area contributed by atoms with Crippen LogP contribution in [0.4, 0.5) is 0 Å². The van der Waals surface area contributed by atoms with Crippen molar-refractivity contribution in [3.63, 3.8) is 0 Å². The van der Waals surface area contributed by atoms with Crippen molar-refractivity contribution < 1.29 is 29.0 Å². The molecule has 0 amide bonds. The molecule has 0 unspecified atom stereocenters. The Hall–Kier alpha value is -2.11. The molecule has 0 aliphatic rings. The fourth-order valence-electron chi connectivity index (χ4n) is 0.609. The molecule has 0 fully saturated rings. The second kappa shape index (κ2) is 11.0. The molecule has 0 aromatic heterocycles. The van der Waals surface area contributed by atoms with Crippen molar-refractivity contribution in [2.24, 2.45) is 0 Å². The minimum Gasteiger partial charge on any atom is -0.481 e. The normalized spacial score (nSPS) is 8.58. The van der Waals surface area contributed by atoms with Crippen LogP contribution in [-0.4, -0.2) is 36.2 Å². The van der Waals surface area contributed by atoms with E-state index >= 15 is 0 Å². The van der Waals surface area contributed by atoms with E-state index in [9.17, 15) is 14.4 Å². The maximum atomic E-state index is 10.6. The van der Waals surface area contributed by atoms with Crippen LogP contribution < -0.4 is 0 Å². The van der Waals surface area contributed by atoms with Crippen LogP contribution in [0.25, 0.3) is 0 Å². The van der Waals surface area contributed by atoms with Crippen LogP contribution >= 0.6 is 0 Å². The number of carbonyl (C=O) groups is 3. The summed E-state index contributed by atoms with van der Waals surface area (Å²) in [5.74, 6) is -1.85. The van der Waals surface area contributed by atoms with E-state index in [0.29, 0.717) is 12.2 Å². The van der Waals surface area contributed by atoms with Crippen molar-refractivity contribution in [1.82, 2.24) is 0 Å². The summed E-state index contributed by atoms with van der Waals surface area (Å²) in [6, 6.07) is 0. The van der Waals surface area contributed by atoms with Crippen LogP contribution in [0.5, 0.6) is 0 Å². The molecular weight excluding hydrogens is 252 g/mol. The monoisotopic (exact) mass is 272 g/mol. The van der Waals surface area contributed by atoms with Crippen LogP contribution in [0.2, 0.25) is 0 Å². The SMILES string of the molecule is C=C(C)C(=O)OCC.C=C(C)C(=O)OCCC(=O)O.